The van der Waals surface area contributed by atoms with Crippen LogP contribution in [-0.4, -0.2) is 0 Å². The fraction of sp³-hybridized carbons (Fsp3) is 0.308. The smallest absolute Gasteiger partial charge is 0.193 e. The second-order valence-electron chi connectivity index (χ2n) is 6.73. The molecule has 2 aromatic rings. The van der Waals surface area contributed by atoms with Crippen LogP contribution in [0.25, 0.3) is 0 Å². The van der Waals surface area contributed by atoms with Crippen molar-refractivity contribution < 1.29 is 8.78 Å². The van der Waals surface area contributed by atoms with Crippen LogP contribution in [-0.2, 0) is 12.8 Å². The second-order valence-corrected chi connectivity index (χ2v) is 6.73. The second kappa shape index (κ2) is 11.8. The zero-order valence-corrected chi connectivity index (χ0v) is 16.6. The summed E-state index contributed by atoms with van der Waals surface area (Å²) in [4.78, 5) is 0. The predicted molar refractivity (Wildman–Crippen MR) is 113 cm³/mol. The van der Waals surface area contributed by atoms with Crippen LogP contribution in [0, 0.1) is 23.7 Å². The van der Waals surface area contributed by atoms with Crippen LogP contribution in [0.2, 0.25) is 0 Å². The number of rotatable bonds is 6. The molecule has 0 N–H and O–H groups in total. The standard InChI is InChI=1S/C26H26F2/c1-3-5-7-21-9-13-23(14-10-21)17-19-25(27)26(28)20-18-24-15-11-22(12-16-24)8-6-4-2/h9-16H,3-8H2,1-2H3/b26-25+. The fourth-order valence-corrected chi connectivity index (χ4v) is 2.64. The minimum absolute atomic E-state index is 0.652. The highest BCUT2D eigenvalue weighted by atomic mass is 19.2. The lowest BCUT2D eigenvalue weighted by Crippen LogP contribution is -1.85. The predicted octanol–water partition coefficient (Wildman–Crippen LogP) is 6.93. The number of allylic oxidation sites excluding steroid dienone is 2. The molecule has 28 heavy (non-hydrogen) atoms. The third kappa shape index (κ3) is 7.42. The van der Waals surface area contributed by atoms with Gasteiger partial charge in [0.25, 0.3) is 0 Å². The topological polar surface area (TPSA) is 0 Å². The average molecular weight is 376 g/mol. The summed E-state index contributed by atoms with van der Waals surface area (Å²) in [5.41, 5.74) is 3.75. The Morgan fingerprint density at radius 2 is 1.00 bits per heavy atom. The molecule has 2 aromatic carbocycles. The lowest BCUT2D eigenvalue weighted by atomic mass is 10.1. The van der Waals surface area contributed by atoms with E-state index in [1.54, 1.807) is 0 Å². The van der Waals surface area contributed by atoms with Crippen LogP contribution in [0.4, 0.5) is 8.78 Å². The number of unbranched alkanes of at least 4 members (excludes halogenated alkanes) is 2. The van der Waals surface area contributed by atoms with Crippen LogP contribution < -0.4 is 0 Å². The SMILES string of the molecule is CCCCc1ccc(C#C/C(F)=C(\F)C#Cc2ccc(CCCC)cc2)cc1. The van der Waals surface area contributed by atoms with Gasteiger partial charge in [-0.2, -0.15) is 8.78 Å². The molecule has 2 rings (SSSR count). The van der Waals surface area contributed by atoms with E-state index in [0.717, 1.165) is 38.5 Å². The molecule has 0 atom stereocenters. The first kappa shape index (κ1) is 21.5. The van der Waals surface area contributed by atoms with E-state index in [4.69, 9.17) is 0 Å². The molecule has 2 heteroatoms. The first-order valence-electron chi connectivity index (χ1n) is 9.89. The Balaban J connectivity index is 2.02. The van der Waals surface area contributed by atoms with E-state index in [9.17, 15) is 8.78 Å². The Kier molecular flexibility index (Phi) is 9.03. The molecule has 0 saturated heterocycles. The number of aryl methyl sites for hydroxylation is 2. The summed E-state index contributed by atoms with van der Waals surface area (Å²) >= 11 is 0. The molecule has 0 aliphatic heterocycles. The highest BCUT2D eigenvalue weighted by molar-refractivity contribution is 5.45. The molecule has 0 aliphatic carbocycles. The van der Waals surface area contributed by atoms with Crippen LogP contribution in [0.5, 0.6) is 0 Å². The van der Waals surface area contributed by atoms with Gasteiger partial charge in [-0.15, -0.1) is 0 Å². The summed E-state index contributed by atoms with van der Waals surface area (Å²) in [5.74, 6) is 7.44. The highest BCUT2D eigenvalue weighted by Crippen LogP contribution is 2.10. The molecular weight excluding hydrogens is 350 g/mol. The van der Waals surface area contributed by atoms with Crippen molar-refractivity contribution in [1.82, 2.24) is 0 Å². The molecule has 0 saturated carbocycles. The van der Waals surface area contributed by atoms with Gasteiger partial charge in [-0.25, -0.2) is 0 Å². The van der Waals surface area contributed by atoms with Crippen molar-refractivity contribution in [2.75, 3.05) is 0 Å². The maximum atomic E-state index is 13.9. The van der Waals surface area contributed by atoms with Gasteiger partial charge in [0.2, 0.25) is 11.7 Å². The van der Waals surface area contributed by atoms with E-state index in [1.807, 2.05) is 48.5 Å². The number of hydrogen-bond acceptors (Lipinski definition) is 0. The average Bonchev–Trinajstić information content (AvgIpc) is 2.74. The summed E-state index contributed by atoms with van der Waals surface area (Å²) < 4.78 is 27.7. The van der Waals surface area contributed by atoms with Gasteiger partial charge in [0.05, 0.1) is 0 Å². The molecule has 0 amide bonds. The maximum absolute atomic E-state index is 13.9. The Morgan fingerprint density at radius 1 is 0.643 bits per heavy atom. The van der Waals surface area contributed by atoms with Crippen LogP contribution in [0.15, 0.2) is 60.2 Å². The third-order valence-corrected chi connectivity index (χ3v) is 4.37. The molecular formula is C26H26F2. The zero-order chi connectivity index (χ0) is 20.2. The van der Waals surface area contributed by atoms with Crippen molar-refractivity contribution in [2.45, 2.75) is 52.4 Å². The maximum Gasteiger partial charge on any atom is 0.217 e. The molecule has 0 radical (unpaired) electrons. The lowest BCUT2D eigenvalue weighted by molar-refractivity contribution is 0.584. The minimum Gasteiger partial charge on any atom is -0.193 e. The summed E-state index contributed by atoms with van der Waals surface area (Å²) in [6.45, 7) is 4.30. The number of halogens is 2. The first-order valence-corrected chi connectivity index (χ1v) is 9.89. The largest absolute Gasteiger partial charge is 0.217 e. The van der Waals surface area contributed by atoms with Crippen molar-refractivity contribution in [3.05, 3.63) is 82.4 Å². The van der Waals surface area contributed by atoms with Crippen molar-refractivity contribution >= 4 is 0 Å². The summed E-state index contributed by atoms with van der Waals surface area (Å²) in [5, 5.41) is 0. The Labute approximate surface area is 167 Å². The lowest BCUT2D eigenvalue weighted by Gasteiger charge is -1.99. The highest BCUT2D eigenvalue weighted by Gasteiger charge is 2.00. The molecule has 0 spiro atoms. The van der Waals surface area contributed by atoms with Gasteiger partial charge in [0, 0.05) is 11.1 Å². The molecule has 0 nitrogen and oxygen atoms in total. The number of hydrogen-bond donors (Lipinski definition) is 0. The van der Waals surface area contributed by atoms with Gasteiger partial charge < -0.3 is 0 Å². The van der Waals surface area contributed by atoms with Gasteiger partial charge in [0.15, 0.2) is 0 Å². The van der Waals surface area contributed by atoms with Crippen LogP contribution in [0.3, 0.4) is 0 Å². The quantitative estimate of drug-likeness (QED) is 0.480. The molecule has 0 aromatic heterocycles. The van der Waals surface area contributed by atoms with E-state index in [0.29, 0.717) is 11.1 Å². The van der Waals surface area contributed by atoms with E-state index in [2.05, 4.69) is 37.5 Å². The van der Waals surface area contributed by atoms with Crippen molar-refractivity contribution in [3.63, 3.8) is 0 Å². The molecule has 0 heterocycles. The van der Waals surface area contributed by atoms with Gasteiger partial charge in [-0.1, -0.05) is 62.8 Å². The Hall–Kier alpha value is -2.84. The van der Waals surface area contributed by atoms with Gasteiger partial charge in [-0.05, 0) is 72.9 Å². The fourth-order valence-electron chi connectivity index (χ4n) is 2.64. The molecule has 0 unspecified atom stereocenters. The first-order chi connectivity index (χ1) is 13.6. The van der Waals surface area contributed by atoms with Gasteiger partial charge in [-0.3, -0.25) is 0 Å². The third-order valence-electron chi connectivity index (χ3n) is 4.37. The Bertz CT molecular complexity index is 818. The van der Waals surface area contributed by atoms with Crippen molar-refractivity contribution in [3.8, 4) is 23.7 Å². The van der Waals surface area contributed by atoms with Crippen LogP contribution >= 0.6 is 0 Å². The summed E-state index contributed by atoms with van der Waals surface area (Å²) in [7, 11) is 0. The molecule has 0 fully saturated rings. The Morgan fingerprint density at radius 3 is 1.32 bits per heavy atom. The van der Waals surface area contributed by atoms with Crippen molar-refractivity contribution in [1.29, 1.82) is 0 Å². The van der Waals surface area contributed by atoms with Gasteiger partial charge in [0.1, 0.15) is 0 Å². The zero-order valence-electron chi connectivity index (χ0n) is 16.6. The van der Waals surface area contributed by atoms with E-state index in [-0.39, 0.29) is 0 Å². The summed E-state index contributed by atoms with van der Waals surface area (Å²) in [6.07, 6.45) is 6.58. The normalized spacial score (nSPS) is 11.0. The van der Waals surface area contributed by atoms with Gasteiger partial charge >= 0.3 is 0 Å². The summed E-state index contributed by atoms with van der Waals surface area (Å²) in [6, 6.07) is 15.2. The van der Waals surface area contributed by atoms with E-state index >= 15 is 0 Å². The number of benzene rings is 2. The monoisotopic (exact) mass is 376 g/mol. The minimum atomic E-state index is -1.14. The van der Waals surface area contributed by atoms with E-state index in [1.165, 1.54) is 11.1 Å². The van der Waals surface area contributed by atoms with E-state index < -0.39 is 11.7 Å². The van der Waals surface area contributed by atoms with Crippen molar-refractivity contribution in [2.24, 2.45) is 0 Å². The molecule has 0 aliphatic rings. The molecule has 0 bridgehead atoms. The molecule has 144 valence electrons. The van der Waals surface area contributed by atoms with Crippen LogP contribution in [0.1, 0.15) is 61.8 Å².